The molecule has 0 fully saturated rings. The lowest BCUT2D eigenvalue weighted by Crippen LogP contribution is -2.17. The van der Waals surface area contributed by atoms with Crippen molar-refractivity contribution in [2.75, 3.05) is 5.32 Å². The third kappa shape index (κ3) is 4.61. The van der Waals surface area contributed by atoms with Crippen molar-refractivity contribution in [2.24, 2.45) is 0 Å². The number of carbonyl (C=O) groups excluding carboxylic acids is 1. The highest BCUT2D eigenvalue weighted by molar-refractivity contribution is 6.05. The van der Waals surface area contributed by atoms with E-state index in [1.54, 1.807) is 50.2 Å². The molecule has 1 aromatic heterocycles. The molecule has 3 aromatic rings. The van der Waals surface area contributed by atoms with Gasteiger partial charge in [0.05, 0.1) is 5.56 Å². The molecule has 0 spiro atoms. The van der Waals surface area contributed by atoms with Gasteiger partial charge in [0.1, 0.15) is 23.9 Å². The minimum absolute atomic E-state index is 0.206. The first-order valence-corrected chi connectivity index (χ1v) is 8.32. The maximum absolute atomic E-state index is 13.2. The Hall–Kier alpha value is -3.41. The van der Waals surface area contributed by atoms with Crippen molar-refractivity contribution in [3.05, 3.63) is 93.3 Å². The first-order valence-electron chi connectivity index (χ1n) is 8.32. The van der Waals surface area contributed by atoms with E-state index in [-0.39, 0.29) is 24.1 Å². The molecule has 27 heavy (non-hydrogen) atoms. The van der Waals surface area contributed by atoms with E-state index in [4.69, 9.17) is 9.15 Å². The van der Waals surface area contributed by atoms with Gasteiger partial charge in [0.15, 0.2) is 0 Å². The second-order valence-corrected chi connectivity index (χ2v) is 6.08. The summed E-state index contributed by atoms with van der Waals surface area (Å²) >= 11 is 0. The molecular formula is C21H18FNO4. The normalized spacial score (nSPS) is 10.5. The summed E-state index contributed by atoms with van der Waals surface area (Å²) in [5.41, 5.74) is 1.60. The number of nitrogens with one attached hydrogen (secondary N) is 1. The maximum atomic E-state index is 13.2. The number of rotatable bonds is 5. The molecule has 3 rings (SSSR count). The molecule has 0 aliphatic carbocycles. The molecule has 1 amide bonds. The lowest BCUT2D eigenvalue weighted by Gasteiger charge is -2.11. The molecule has 0 aliphatic heterocycles. The standard InChI is InChI=1S/C21H18FNO4/c1-13-9-19(24)27-14(2)20(13)21(25)23-17-7-4-8-18(11-17)26-12-15-5-3-6-16(22)10-15/h3-11H,12H2,1-2H3,(H,23,25). The second-order valence-electron chi connectivity index (χ2n) is 6.08. The summed E-state index contributed by atoms with van der Waals surface area (Å²) in [5, 5.41) is 2.77. The van der Waals surface area contributed by atoms with Crippen LogP contribution < -0.4 is 15.7 Å². The van der Waals surface area contributed by atoms with Crippen molar-refractivity contribution in [2.45, 2.75) is 20.5 Å². The van der Waals surface area contributed by atoms with Gasteiger partial charge < -0.3 is 14.5 Å². The van der Waals surface area contributed by atoms with Crippen LogP contribution in [0.4, 0.5) is 10.1 Å². The second kappa shape index (κ2) is 7.86. The van der Waals surface area contributed by atoms with Crippen LogP contribution in [0.2, 0.25) is 0 Å². The van der Waals surface area contributed by atoms with E-state index >= 15 is 0 Å². The molecule has 138 valence electrons. The van der Waals surface area contributed by atoms with Crippen LogP contribution in [0.5, 0.6) is 5.75 Å². The van der Waals surface area contributed by atoms with Crippen LogP contribution in [0.3, 0.4) is 0 Å². The van der Waals surface area contributed by atoms with Crippen LogP contribution in [0.15, 0.2) is 63.8 Å². The molecule has 0 saturated heterocycles. The van der Waals surface area contributed by atoms with Crippen molar-refractivity contribution in [3.63, 3.8) is 0 Å². The van der Waals surface area contributed by atoms with Crippen molar-refractivity contribution in [1.29, 1.82) is 0 Å². The molecule has 1 N–H and O–H groups in total. The van der Waals surface area contributed by atoms with Gasteiger partial charge in [-0.1, -0.05) is 18.2 Å². The summed E-state index contributed by atoms with van der Waals surface area (Å²) in [6, 6.07) is 14.3. The third-order valence-electron chi connectivity index (χ3n) is 3.95. The number of aryl methyl sites for hydroxylation is 2. The smallest absolute Gasteiger partial charge is 0.336 e. The van der Waals surface area contributed by atoms with Crippen LogP contribution in [0, 0.1) is 19.7 Å². The zero-order valence-electron chi connectivity index (χ0n) is 14.9. The van der Waals surface area contributed by atoms with Crippen LogP contribution in [-0.4, -0.2) is 5.91 Å². The first kappa shape index (κ1) is 18.4. The van der Waals surface area contributed by atoms with Gasteiger partial charge in [-0.25, -0.2) is 9.18 Å². The molecular weight excluding hydrogens is 349 g/mol. The molecule has 0 unspecified atom stereocenters. The maximum Gasteiger partial charge on any atom is 0.336 e. The Balaban J connectivity index is 1.72. The summed E-state index contributed by atoms with van der Waals surface area (Å²) in [6.07, 6.45) is 0. The van der Waals surface area contributed by atoms with E-state index in [9.17, 15) is 14.0 Å². The summed E-state index contributed by atoms with van der Waals surface area (Å²) in [4.78, 5) is 23.9. The minimum Gasteiger partial charge on any atom is -0.489 e. The lowest BCUT2D eigenvalue weighted by molar-refractivity contribution is 0.102. The largest absolute Gasteiger partial charge is 0.489 e. The van der Waals surface area contributed by atoms with Gasteiger partial charge in [-0.05, 0) is 49.2 Å². The number of benzene rings is 2. The van der Waals surface area contributed by atoms with Gasteiger partial charge in [-0.2, -0.15) is 0 Å². The molecule has 0 radical (unpaired) electrons. The predicted molar refractivity (Wildman–Crippen MR) is 99.6 cm³/mol. The summed E-state index contributed by atoms with van der Waals surface area (Å²) in [5.74, 6) is 0.0921. The Morgan fingerprint density at radius 2 is 1.89 bits per heavy atom. The average molecular weight is 367 g/mol. The molecule has 0 saturated carbocycles. The Morgan fingerprint density at radius 1 is 1.11 bits per heavy atom. The Kier molecular flexibility index (Phi) is 5.35. The van der Waals surface area contributed by atoms with Crippen molar-refractivity contribution in [3.8, 4) is 5.75 Å². The van der Waals surface area contributed by atoms with Gasteiger partial charge >= 0.3 is 5.63 Å². The number of hydrogen-bond donors (Lipinski definition) is 1. The zero-order chi connectivity index (χ0) is 19.4. The minimum atomic E-state index is -0.491. The number of anilines is 1. The fraction of sp³-hybridized carbons (Fsp3) is 0.143. The highest BCUT2D eigenvalue weighted by atomic mass is 19.1. The van der Waals surface area contributed by atoms with Gasteiger partial charge in [0, 0.05) is 17.8 Å². The monoisotopic (exact) mass is 367 g/mol. The number of halogens is 1. The molecule has 1 heterocycles. The van der Waals surface area contributed by atoms with Crippen LogP contribution in [-0.2, 0) is 6.61 Å². The highest BCUT2D eigenvalue weighted by Gasteiger charge is 2.15. The number of hydrogen-bond acceptors (Lipinski definition) is 4. The third-order valence-corrected chi connectivity index (χ3v) is 3.95. The van der Waals surface area contributed by atoms with E-state index in [2.05, 4.69) is 5.32 Å². The van der Waals surface area contributed by atoms with Gasteiger partial charge in [-0.15, -0.1) is 0 Å². The number of carbonyl (C=O) groups is 1. The molecule has 5 nitrogen and oxygen atoms in total. The fourth-order valence-electron chi connectivity index (χ4n) is 2.75. The molecule has 0 atom stereocenters. The Morgan fingerprint density at radius 3 is 2.63 bits per heavy atom. The first-order chi connectivity index (χ1) is 12.9. The van der Waals surface area contributed by atoms with Crippen LogP contribution in [0.25, 0.3) is 0 Å². The molecule has 0 aliphatic rings. The van der Waals surface area contributed by atoms with Crippen LogP contribution in [0.1, 0.15) is 27.2 Å². The number of ether oxygens (including phenoxy) is 1. The van der Waals surface area contributed by atoms with Crippen molar-refractivity contribution >= 4 is 11.6 Å². The van der Waals surface area contributed by atoms with Crippen molar-refractivity contribution < 1.29 is 18.3 Å². The zero-order valence-corrected chi connectivity index (χ0v) is 14.9. The SMILES string of the molecule is Cc1cc(=O)oc(C)c1C(=O)Nc1cccc(OCc2cccc(F)c2)c1. The number of amides is 1. The summed E-state index contributed by atoms with van der Waals surface area (Å²) < 4.78 is 23.9. The van der Waals surface area contributed by atoms with Crippen molar-refractivity contribution in [1.82, 2.24) is 0 Å². The van der Waals surface area contributed by atoms with E-state index in [0.717, 1.165) is 0 Å². The highest BCUT2D eigenvalue weighted by Crippen LogP contribution is 2.20. The van der Waals surface area contributed by atoms with E-state index in [1.807, 2.05) is 0 Å². The summed E-state index contributed by atoms with van der Waals surface area (Å²) in [7, 11) is 0. The predicted octanol–water partition coefficient (Wildman–Crippen LogP) is 4.23. The Bertz CT molecular complexity index is 1020. The van der Waals surface area contributed by atoms with E-state index in [1.165, 1.54) is 18.2 Å². The fourth-order valence-corrected chi connectivity index (χ4v) is 2.75. The lowest BCUT2D eigenvalue weighted by atomic mass is 10.1. The van der Waals surface area contributed by atoms with Gasteiger partial charge in [-0.3, -0.25) is 4.79 Å². The summed E-state index contributed by atoms with van der Waals surface area (Å²) in [6.45, 7) is 3.45. The quantitative estimate of drug-likeness (QED) is 0.733. The molecule has 2 aromatic carbocycles. The topological polar surface area (TPSA) is 68.5 Å². The van der Waals surface area contributed by atoms with E-state index < -0.39 is 5.63 Å². The Labute approximate surface area is 155 Å². The van der Waals surface area contributed by atoms with Gasteiger partial charge in [0.2, 0.25) is 0 Å². The van der Waals surface area contributed by atoms with Gasteiger partial charge in [0.25, 0.3) is 5.91 Å². The average Bonchev–Trinajstić information content (AvgIpc) is 2.59. The van der Waals surface area contributed by atoms with Crippen LogP contribution >= 0.6 is 0 Å². The molecule has 0 bridgehead atoms. The molecule has 6 heteroatoms. The van der Waals surface area contributed by atoms with E-state index in [0.29, 0.717) is 28.1 Å².